The lowest BCUT2D eigenvalue weighted by Crippen LogP contribution is -2.09. The molecule has 0 fully saturated rings. The van der Waals surface area contributed by atoms with Crippen LogP contribution in [0.15, 0.2) is 212 Å². The van der Waals surface area contributed by atoms with E-state index in [0.717, 1.165) is 94.7 Å². The Kier molecular flexibility index (Phi) is 9.94. The Morgan fingerprint density at radius 1 is 0.443 bits per heavy atom. The van der Waals surface area contributed by atoms with Crippen LogP contribution in [0.5, 0.6) is 0 Å². The quantitative estimate of drug-likeness (QED) is 0.150. The van der Waals surface area contributed by atoms with Crippen LogP contribution in [0.3, 0.4) is 0 Å². The van der Waals surface area contributed by atoms with Crippen LogP contribution in [-0.2, 0) is 6.18 Å². The van der Waals surface area contributed by atoms with Crippen LogP contribution in [-0.4, -0.2) is 19.1 Å². The minimum Gasteiger partial charge on any atom is -0.307 e. The van der Waals surface area contributed by atoms with Crippen LogP contribution in [0.1, 0.15) is 11.1 Å². The minimum atomic E-state index is -4.83. The highest BCUT2D eigenvalue weighted by Crippen LogP contribution is 2.47. The number of benzene rings is 8. The van der Waals surface area contributed by atoms with E-state index < -0.39 is 11.7 Å². The van der Waals surface area contributed by atoms with Crippen molar-refractivity contribution in [3.63, 3.8) is 0 Å². The zero-order chi connectivity index (χ0) is 47.5. The van der Waals surface area contributed by atoms with Crippen molar-refractivity contribution in [1.29, 1.82) is 5.26 Å². The second-order valence-corrected chi connectivity index (χ2v) is 17.0. The van der Waals surface area contributed by atoms with Crippen LogP contribution in [0.2, 0.25) is 0 Å². The molecule has 0 aliphatic carbocycles. The van der Waals surface area contributed by atoms with Crippen LogP contribution in [0.25, 0.3) is 116 Å². The van der Waals surface area contributed by atoms with Gasteiger partial charge >= 0.3 is 6.18 Å². The number of rotatable bonds is 7. The number of fused-ring (bicyclic) bond motifs is 6. The normalized spacial score (nSPS) is 11.6. The Morgan fingerprint density at radius 2 is 0.886 bits per heavy atom. The molecule has 4 heterocycles. The summed E-state index contributed by atoms with van der Waals surface area (Å²) < 4.78 is 49.7. The predicted octanol–water partition coefficient (Wildman–Crippen LogP) is 16.4. The lowest BCUT2D eigenvalue weighted by Gasteiger charge is -2.21. The molecule has 9 heteroatoms. The van der Waals surface area contributed by atoms with E-state index in [1.54, 1.807) is 12.1 Å². The van der Waals surface area contributed by atoms with Gasteiger partial charge in [-0.25, -0.2) is 14.8 Å². The zero-order valence-corrected chi connectivity index (χ0v) is 37.0. The number of pyridine rings is 2. The van der Waals surface area contributed by atoms with E-state index in [2.05, 4.69) is 50.4 Å². The average molecular weight is 909 g/mol. The molecule has 0 unspecified atom stereocenters. The number of hydrogen-bond donors (Lipinski definition) is 0. The van der Waals surface area contributed by atoms with Gasteiger partial charge in [0.1, 0.15) is 0 Å². The van der Waals surface area contributed by atoms with Gasteiger partial charge in [0, 0.05) is 49.4 Å². The predicted molar refractivity (Wildman–Crippen MR) is 274 cm³/mol. The zero-order valence-electron chi connectivity index (χ0n) is 37.0. The Hall–Kier alpha value is -9.57. The first-order chi connectivity index (χ1) is 34.3. The fourth-order valence-corrected chi connectivity index (χ4v) is 9.90. The van der Waals surface area contributed by atoms with Crippen LogP contribution in [0, 0.1) is 17.9 Å². The highest BCUT2D eigenvalue weighted by Gasteiger charge is 2.36. The summed E-state index contributed by atoms with van der Waals surface area (Å²) in [6, 6.07) is 69.3. The second kappa shape index (κ2) is 16.6. The number of nitriles is 1. The summed E-state index contributed by atoms with van der Waals surface area (Å²) in [5.74, 6) is 0. The monoisotopic (exact) mass is 908 g/mol. The molecule has 12 aromatic rings. The third kappa shape index (κ3) is 6.96. The first kappa shape index (κ1) is 41.8. The number of halogens is 3. The van der Waals surface area contributed by atoms with E-state index in [4.69, 9.17) is 16.5 Å². The Bertz CT molecular complexity index is 4140. The van der Waals surface area contributed by atoms with Gasteiger partial charge < -0.3 is 9.13 Å². The van der Waals surface area contributed by atoms with E-state index in [1.807, 2.05) is 152 Å². The maximum Gasteiger partial charge on any atom is 0.415 e. The third-order valence-corrected chi connectivity index (χ3v) is 13.0. The van der Waals surface area contributed by atoms with Gasteiger partial charge in [-0.1, -0.05) is 152 Å². The molecule has 12 rings (SSSR count). The smallest absolute Gasteiger partial charge is 0.307 e. The molecule has 70 heavy (non-hydrogen) atoms. The summed E-state index contributed by atoms with van der Waals surface area (Å²) in [7, 11) is 0. The molecule has 0 saturated heterocycles. The van der Waals surface area contributed by atoms with Gasteiger partial charge in [-0.05, 0) is 66.2 Å². The summed E-state index contributed by atoms with van der Waals surface area (Å²) in [5.41, 5.74) is 9.34. The molecular weight excluding hydrogens is 874 g/mol. The number of aromatic nitrogens is 4. The van der Waals surface area contributed by atoms with Gasteiger partial charge in [-0.15, -0.1) is 0 Å². The SMILES string of the molecule is [C-]#[N+]c1cccc(C(F)(F)F)c1-c1cc(-n2c3ccccc3c3ccc(-c4cccc(-c5ccccc5)n4)cc32)c(-n2c3ccccc3c3ccc(-c4cccc(-c5ccccc5)n4)cc32)cc1C#N. The van der Waals surface area contributed by atoms with E-state index in [-0.39, 0.29) is 22.4 Å². The van der Waals surface area contributed by atoms with Crippen molar-refractivity contribution in [2.75, 3.05) is 0 Å². The summed E-state index contributed by atoms with van der Waals surface area (Å²) >= 11 is 0. The Morgan fingerprint density at radius 3 is 1.37 bits per heavy atom. The third-order valence-electron chi connectivity index (χ3n) is 13.0. The minimum absolute atomic E-state index is 0.0112. The first-order valence-corrected chi connectivity index (χ1v) is 22.6. The largest absolute Gasteiger partial charge is 0.415 e. The number of nitrogens with zero attached hydrogens (tertiary/aromatic N) is 6. The molecule has 0 spiro atoms. The highest BCUT2D eigenvalue weighted by atomic mass is 19.4. The van der Waals surface area contributed by atoms with E-state index in [0.29, 0.717) is 11.4 Å². The molecule has 0 radical (unpaired) electrons. The van der Waals surface area contributed by atoms with E-state index >= 15 is 13.2 Å². The lowest BCUT2D eigenvalue weighted by atomic mass is 9.92. The molecule has 6 nitrogen and oxygen atoms in total. The van der Waals surface area contributed by atoms with Crippen molar-refractivity contribution in [3.05, 3.63) is 235 Å². The van der Waals surface area contributed by atoms with Crippen molar-refractivity contribution in [2.24, 2.45) is 0 Å². The maximum atomic E-state index is 15.2. The molecule has 0 N–H and O–H groups in total. The Balaban J connectivity index is 1.19. The molecule has 0 bridgehead atoms. The topological polar surface area (TPSA) is 63.8 Å². The van der Waals surface area contributed by atoms with Gasteiger partial charge in [0.15, 0.2) is 5.69 Å². The van der Waals surface area contributed by atoms with Gasteiger partial charge in [0.25, 0.3) is 0 Å². The summed E-state index contributed by atoms with van der Waals surface area (Å²) in [5, 5.41) is 14.8. The highest BCUT2D eigenvalue weighted by molar-refractivity contribution is 6.13. The van der Waals surface area contributed by atoms with Crippen molar-refractivity contribution >= 4 is 49.3 Å². The summed E-state index contributed by atoms with van der Waals surface area (Å²) in [6.45, 7) is 8.09. The molecule has 4 aromatic heterocycles. The lowest BCUT2D eigenvalue weighted by molar-refractivity contribution is -0.137. The van der Waals surface area contributed by atoms with E-state index in [1.165, 1.54) is 12.1 Å². The van der Waals surface area contributed by atoms with Gasteiger partial charge in [-0.3, -0.25) is 0 Å². The van der Waals surface area contributed by atoms with E-state index in [9.17, 15) is 5.26 Å². The van der Waals surface area contributed by atoms with Crippen molar-refractivity contribution in [3.8, 4) is 73.6 Å². The van der Waals surface area contributed by atoms with Crippen LogP contribution >= 0.6 is 0 Å². The molecule has 8 aromatic carbocycles. The number of alkyl halides is 3. The van der Waals surface area contributed by atoms with Gasteiger partial charge in [0.05, 0.1) is 80.0 Å². The second-order valence-electron chi connectivity index (χ2n) is 17.0. The molecule has 330 valence electrons. The number of para-hydroxylation sites is 2. The molecule has 0 aliphatic rings. The molecular formula is C61H35F3N6. The molecule has 0 atom stereocenters. The van der Waals surface area contributed by atoms with Crippen LogP contribution in [0.4, 0.5) is 18.9 Å². The average Bonchev–Trinajstić information content (AvgIpc) is 3.92. The summed E-state index contributed by atoms with van der Waals surface area (Å²) in [4.78, 5) is 13.8. The Labute approximate surface area is 399 Å². The molecule has 0 aliphatic heterocycles. The number of hydrogen-bond acceptors (Lipinski definition) is 3. The van der Waals surface area contributed by atoms with Crippen molar-refractivity contribution in [2.45, 2.75) is 6.18 Å². The summed E-state index contributed by atoms with van der Waals surface area (Å²) in [6.07, 6.45) is -4.83. The maximum absolute atomic E-state index is 15.2. The van der Waals surface area contributed by atoms with Crippen molar-refractivity contribution in [1.82, 2.24) is 19.1 Å². The van der Waals surface area contributed by atoms with Crippen molar-refractivity contribution < 1.29 is 13.2 Å². The fraction of sp³-hybridized carbons (Fsp3) is 0.0164. The van der Waals surface area contributed by atoms with Crippen LogP contribution < -0.4 is 0 Å². The standard InChI is InChI=1S/C61H35F3N6/c1-66-53-26-12-21-48(61(62,63)64)60(53)47-36-59(70-55-28-11-9-20-44(55)46-32-30-41(34-57(46)70)52-25-14-23-50(68-52)39-17-6-3-7-18-39)58(35-42(47)37-65)69-54-27-10-8-19-43(54)45-31-29-40(33-56(45)69)51-24-13-22-49(67-51)38-15-4-2-5-16-38/h2-36H. The fourth-order valence-electron chi connectivity index (χ4n) is 9.90. The van der Waals surface area contributed by atoms with Gasteiger partial charge in [-0.2, -0.15) is 18.4 Å². The first-order valence-electron chi connectivity index (χ1n) is 22.6. The molecule has 0 saturated carbocycles. The van der Waals surface area contributed by atoms with Gasteiger partial charge in [0.2, 0.25) is 0 Å². The molecule has 0 amide bonds.